The zero-order valence-corrected chi connectivity index (χ0v) is 19.1. The molecule has 2 aromatic heterocycles. The van der Waals surface area contributed by atoms with Gasteiger partial charge < -0.3 is 9.47 Å². The van der Waals surface area contributed by atoms with Gasteiger partial charge in [-0.15, -0.1) is 0 Å². The standard InChI is InChI=1S/C22H24N6O4S/c1-22(2,14-23)16-5-3-15(4-6-16)18-11-19-20(26-8-7-25-19)21(27-18)32-13-17-12-28(9-10-31-17)33(24,29)30/h3-8,11,17H,9-10,12-13H2,1-2H3,(H2,24,29,30)/t17-/m0/s1. The first-order valence-corrected chi connectivity index (χ1v) is 11.8. The zero-order valence-electron chi connectivity index (χ0n) is 18.3. The van der Waals surface area contributed by atoms with Gasteiger partial charge in [0.15, 0.2) is 5.52 Å². The summed E-state index contributed by atoms with van der Waals surface area (Å²) in [4.78, 5) is 13.3. The number of nitrogens with two attached hydrogens (primary N) is 1. The maximum atomic E-state index is 11.6. The molecule has 2 N–H and O–H groups in total. The van der Waals surface area contributed by atoms with E-state index in [0.717, 1.165) is 15.4 Å². The van der Waals surface area contributed by atoms with Crippen LogP contribution in [0, 0.1) is 11.3 Å². The summed E-state index contributed by atoms with van der Waals surface area (Å²) in [5.41, 5.74) is 2.87. The summed E-state index contributed by atoms with van der Waals surface area (Å²) in [5, 5.41) is 14.6. The third-order valence-electron chi connectivity index (χ3n) is 5.47. The minimum atomic E-state index is -3.80. The van der Waals surface area contributed by atoms with Gasteiger partial charge in [0.2, 0.25) is 5.88 Å². The lowest BCUT2D eigenvalue weighted by Crippen LogP contribution is -2.49. The molecular formula is C22H24N6O4S. The number of nitrogens with zero attached hydrogens (tertiary/aromatic N) is 5. The number of hydrogen-bond acceptors (Lipinski definition) is 8. The Morgan fingerprint density at radius 1 is 1.27 bits per heavy atom. The van der Waals surface area contributed by atoms with E-state index in [1.807, 2.05) is 44.2 Å². The Morgan fingerprint density at radius 3 is 2.70 bits per heavy atom. The molecule has 0 bridgehead atoms. The lowest BCUT2D eigenvalue weighted by atomic mass is 9.86. The highest BCUT2D eigenvalue weighted by atomic mass is 32.2. The van der Waals surface area contributed by atoms with E-state index in [0.29, 0.717) is 16.7 Å². The van der Waals surface area contributed by atoms with Gasteiger partial charge in [-0.05, 0) is 25.5 Å². The highest BCUT2D eigenvalue weighted by molar-refractivity contribution is 7.86. The van der Waals surface area contributed by atoms with Gasteiger partial charge in [0.25, 0.3) is 10.2 Å². The van der Waals surface area contributed by atoms with Crippen molar-refractivity contribution >= 4 is 21.2 Å². The third-order valence-corrected chi connectivity index (χ3v) is 6.53. The molecule has 4 rings (SSSR count). The smallest absolute Gasteiger partial charge is 0.277 e. The molecular weight excluding hydrogens is 444 g/mol. The van der Waals surface area contributed by atoms with Crippen molar-refractivity contribution in [1.82, 2.24) is 19.3 Å². The fourth-order valence-electron chi connectivity index (χ4n) is 3.51. The second kappa shape index (κ2) is 8.99. The van der Waals surface area contributed by atoms with Gasteiger partial charge >= 0.3 is 0 Å². The van der Waals surface area contributed by atoms with Crippen LogP contribution in [0.2, 0.25) is 0 Å². The van der Waals surface area contributed by atoms with Gasteiger partial charge in [-0.1, -0.05) is 24.3 Å². The molecule has 0 unspecified atom stereocenters. The monoisotopic (exact) mass is 468 g/mol. The van der Waals surface area contributed by atoms with Crippen molar-refractivity contribution < 1.29 is 17.9 Å². The summed E-state index contributed by atoms with van der Waals surface area (Å²) in [7, 11) is -3.80. The number of nitriles is 1. The molecule has 1 atom stereocenters. The summed E-state index contributed by atoms with van der Waals surface area (Å²) in [6, 6.07) is 11.7. The third kappa shape index (κ3) is 5.09. The van der Waals surface area contributed by atoms with E-state index in [-0.39, 0.29) is 32.2 Å². The van der Waals surface area contributed by atoms with Crippen LogP contribution in [0.15, 0.2) is 42.7 Å². The van der Waals surface area contributed by atoms with Crippen LogP contribution in [0.25, 0.3) is 22.3 Å². The number of ether oxygens (including phenoxy) is 2. The minimum Gasteiger partial charge on any atom is -0.473 e. The Balaban J connectivity index is 1.61. The van der Waals surface area contributed by atoms with Crippen molar-refractivity contribution in [1.29, 1.82) is 5.26 Å². The minimum absolute atomic E-state index is 0.0729. The number of aromatic nitrogens is 3. The van der Waals surface area contributed by atoms with Crippen molar-refractivity contribution in [3.05, 3.63) is 48.3 Å². The van der Waals surface area contributed by atoms with Crippen LogP contribution >= 0.6 is 0 Å². The molecule has 10 nitrogen and oxygen atoms in total. The van der Waals surface area contributed by atoms with Crippen LogP contribution in [0.3, 0.4) is 0 Å². The zero-order chi connectivity index (χ0) is 23.6. The van der Waals surface area contributed by atoms with Gasteiger partial charge in [-0.25, -0.2) is 15.1 Å². The molecule has 0 aliphatic carbocycles. The van der Waals surface area contributed by atoms with E-state index in [1.165, 1.54) is 0 Å². The average molecular weight is 469 g/mol. The highest BCUT2D eigenvalue weighted by Gasteiger charge is 2.28. The second-order valence-corrected chi connectivity index (χ2v) is 9.80. The quantitative estimate of drug-likeness (QED) is 0.576. The first-order chi connectivity index (χ1) is 15.7. The average Bonchev–Trinajstić information content (AvgIpc) is 2.82. The first-order valence-electron chi connectivity index (χ1n) is 10.3. The van der Waals surface area contributed by atoms with E-state index >= 15 is 0 Å². The number of morpholine rings is 1. The van der Waals surface area contributed by atoms with Gasteiger partial charge in [-0.2, -0.15) is 18.0 Å². The van der Waals surface area contributed by atoms with E-state index in [2.05, 4.69) is 21.0 Å². The second-order valence-electron chi connectivity index (χ2n) is 8.26. The molecule has 3 aromatic rings. The van der Waals surface area contributed by atoms with Crippen LogP contribution in [0.4, 0.5) is 0 Å². The number of benzene rings is 1. The van der Waals surface area contributed by atoms with E-state index in [4.69, 9.17) is 14.6 Å². The van der Waals surface area contributed by atoms with Crippen molar-refractivity contribution in [2.75, 3.05) is 26.3 Å². The van der Waals surface area contributed by atoms with E-state index < -0.39 is 21.7 Å². The van der Waals surface area contributed by atoms with Crippen molar-refractivity contribution in [2.24, 2.45) is 5.14 Å². The molecule has 0 saturated carbocycles. The number of fused-ring (bicyclic) bond motifs is 1. The highest BCUT2D eigenvalue weighted by Crippen LogP contribution is 2.29. The molecule has 0 spiro atoms. The van der Waals surface area contributed by atoms with Gasteiger partial charge in [0.1, 0.15) is 12.7 Å². The van der Waals surface area contributed by atoms with E-state index in [1.54, 1.807) is 12.4 Å². The van der Waals surface area contributed by atoms with Crippen molar-refractivity contribution in [3.63, 3.8) is 0 Å². The van der Waals surface area contributed by atoms with Gasteiger partial charge in [0.05, 0.1) is 29.3 Å². The van der Waals surface area contributed by atoms with Gasteiger partial charge in [0, 0.05) is 31.0 Å². The molecule has 3 heterocycles. The van der Waals surface area contributed by atoms with Crippen LogP contribution < -0.4 is 9.88 Å². The molecule has 1 saturated heterocycles. The Hall–Kier alpha value is -3.17. The predicted molar refractivity (Wildman–Crippen MR) is 121 cm³/mol. The lowest BCUT2D eigenvalue weighted by molar-refractivity contribution is -0.0254. The Bertz CT molecular complexity index is 1300. The normalized spacial score (nSPS) is 17.6. The van der Waals surface area contributed by atoms with Crippen LogP contribution in [-0.4, -0.2) is 60.1 Å². The number of pyridine rings is 1. The van der Waals surface area contributed by atoms with Crippen molar-refractivity contribution in [2.45, 2.75) is 25.4 Å². The van der Waals surface area contributed by atoms with Crippen LogP contribution in [-0.2, 0) is 20.4 Å². The molecule has 33 heavy (non-hydrogen) atoms. The molecule has 1 aliphatic heterocycles. The Labute approximate surface area is 192 Å². The van der Waals surface area contributed by atoms with Gasteiger partial charge in [-0.3, -0.25) is 4.98 Å². The van der Waals surface area contributed by atoms with Crippen LogP contribution in [0.1, 0.15) is 19.4 Å². The topological polar surface area (TPSA) is 144 Å². The maximum absolute atomic E-state index is 11.6. The molecule has 0 amide bonds. The SMILES string of the molecule is CC(C)(C#N)c1ccc(-c2cc3nccnc3c(OC[C@@H]3CN(S(N)(=O)=O)CCO3)n2)cc1. The van der Waals surface area contributed by atoms with Crippen molar-refractivity contribution in [3.8, 4) is 23.2 Å². The summed E-state index contributed by atoms with van der Waals surface area (Å²) < 4.78 is 36.0. The summed E-state index contributed by atoms with van der Waals surface area (Å²) in [6.07, 6.45) is 2.64. The first kappa shape index (κ1) is 23.0. The lowest BCUT2D eigenvalue weighted by Gasteiger charge is -2.30. The van der Waals surface area contributed by atoms with E-state index in [9.17, 15) is 13.7 Å². The number of rotatable bonds is 6. The molecule has 1 aromatic carbocycles. The summed E-state index contributed by atoms with van der Waals surface area (Å²) >= 11 is 0. The maximum Gasteiger partial charge on any atom is 0.277 e. The fourth-order valence-corrected chi connectivity index (χ4v) is 4.21. The fraction of sp³-hybridized carbons (Fsp3) is 0.364. The molecule has 0 radical (unpaired) electrons. The van der Waals surface area contributed by atoms with Crippen LogP contribution in [0.5, 0.6) is 5.88 Å². The number of hydrogen-bond donors (Lipinski definition) is 1. The Morgan fingerprint density at radius 2 is 2.00 bits per heavy atom. The molecule has 172 valence electrons. The molecule has 1 fully saturated rings. The molecule has 11 heteroatoms. The summed E-state index contributed by atoms with van der Waals surface area (Å²) in [5.74, 6) is 0.272. The largest absolute Gasteiger partial charge is 0.473 e. The predicted octanol–water partition coefficient (Wildman–Crippen LogP) is 1.78. The molecule has 1 aliphatic rings. The summed E-state index contributed by atoms with van der Waals surface area (Å²) in [6.45, 7) is 4.33. The Kier molecular flexibility index (Phi) is 6.27.